The summed E-state index contributed by atoms with van der Waals surface area (Å²) in [6.45, 7) is 0.348. The second kappa shape index (κ2) is 7.43. The number of methoxy groups -OCH3 is 2. The summed E-state index contributed by atoms with van der Waals surface area (Å²) in [5, 5.41) is 3.94. The summed E-state index contributed by atoms with van der Waals surface area (Å²) in [6, 6.07) is 3.50. The van der Waals surface area contributed by atoms with Gasteiger partial charge in [-0.05, 0) is 6.07 Å². The van der Waals surface area contributed by atoms with Gasteiger partial charge in [0.15, 0.2) is 0 Å². The summed E-state index contributed by atoms with van der Waals surface area (Å²) in [6.07, 6.45) is 2.28. The van der Waals surface area contributed by atoms with Gasteiger partial charge in [-0.3, -0.25) is 9.78 Å². The summed E-state index contributed by atoms with van der Waals surface area (Å²) >= 11 is 14.3. The zero-order chi connectivity index (χ0) is 18.0. The van der Waals surface area contributed by atoms with Gasteiger partial charge in [0.05, 0.1) is 53.0 Å². The first-order chi connectivity index (χ1) is 12.1. The van der Waals surface area contributed by atoms with Gasteiger partial charge in [0.2, 0.25) is 6.41 Å². The normalized spacial score (nSPS) is 10.7. The van der Waals surface area contributed by atoms with Crippen LogP contribution in [0.4, 0.5) is 0 Å². The number of rotatable bonds is 6. The summed E-state index contributed by atoms with van der Waals surface area (Å²) in [4.78, 5) is 19.3. The predicted octanol–water partition coefficient (Wildman–Crippen LogP) is 3.93. The Bertz CT molecular complexity index is 918. The zero-order valence-corrected chi connectivity index (χ0v) is 15.6. The Kier molecular flexibility index (Phi) is 5.27. The molecule has 2 aromatic heterocycles. The zero-order valence-electron chi connectivity index (χ0n) is 13.3. The Balaban J connectivity index is 2.14. The van der Waals surface area contributed by atoms with Crippen molar-refractivity contribution in [3.8, 4) is 22.1 Å². The van der Waals surface area contributed by atoms with Crippen molar-refractivity contribution >= 4 is 51.2 Å². The second-order valence-corrected chi connectivity index (χ2v) is 6.73. The molecule has 0 fully saturated rings. The van der Waals surface area contributed by atoms with Crippen molar-refractivity contribution in [3.63, 3.8) is 0 Å². The number of benzene rings is 1. The molecular formula is C16H13Cl2N3O3S. The number of hydrogen-bond donors (Lipinski definition) is 1. The second-order valence-electron chi connectivity index (χ2n) is 4.95. The van der Waals surface area contributed by atoms with Crippen LogP contribution in [0, 0.1) is 0 Å². The number of nitrogens with one attached hydrogen (secondary N) is 1. The van der Waals surface area contributed by atoms with E-state index in [0.29, 0.717) is 50.6 Å². The van der Waals surface area contributed by atoms with Crippen molar-refractivity contribution in [2.45, 2.75) is 6.54 Å². The summed E-state index contributed by atoms with van der Waals surface area (Å²) < 4.78 is 11.5. The van der Waals surface area contributed by atoms with Crippen LogP contribution in [0.25, 0.3) is 20.8 Å². The van der Waals surface area contributed by atoms with Gasteiger partial charge in [-0.25, -0.2) is 4.98 Å². The SMILES string of the molecule is COc1cc(OC)c(Cl)c(-c2nc3cnc(CNC=O)cc3s2)c1Cl. The third-order valence-corrected chi connectivity index (χ3v) is 5.27. The first-order valence-electron chi connectivity index (χ1n) is 7.11. The van der Waals surface area contributed by atoms with Crippen molar-refractivity contribution in [2.75, 3.05) is 14.2 Å². The van der Waals surface area contributed by atoms with E-state index in [4.69, 9.17) is 32.7 Å². The van der Waals surface area contributed by atoms with Crippen LogP contribution >= 0.6 is 34.5 Å². The smallest absolute Gasteiger partial charge is 0.207 e. The lowest BCUT2D eigenvalue weighted by molar-refractivity contribution is -0.109. The average molecular weight is 398 g/mol. The molecule has 1 amide bonds. The molecule has 0 bridgehead atoms. The lowest BCUT2D eigenvalue weighted by atomic mass is 10.2. The molecular weight excluding hydrogens is 385 g/mol. The molecule has 0 saturated carbocycles. The molecule has 0 radical (unpaired) electrons. The number of pyridine rings is 1. The first kappa shape index (κ1) is 17.7. The first-order valence-corrected chi connectivity index (χ1v) is 8.69. The number of ether oxygens (including phenoxy) is 2. The van der Waals surface area contributed by atoms with E-state index in [1.807, 2.05) is 6.07 Å². The molecule has 9 heteroatoms. The van der Waals surface area contributed by atoms with E-state index in [-0.39, 0.29) is 0 Å². The maximum absolute atomic E-state index is 10.4. The highest BCUT2D eigenvalue weighted by atomic mass is 35.5. The van der Waals surface area contributed by atoms with Crippen LogP contribution in [-0.4, -0.2) is 30.6 Å². The highest BCUT2D eigenvalue weighted by Crippen LogP contribution is 2.47. The van der Waals surface area contributed by atoms with Crippen LogP contribution in [0.2, 0.25) is 10.0 Å². The molecule has 0 aliphatic heterocycles. The van der Waals surface area contributed by atoms with Crippen LogP contribution in [0.3, 0.4) is 0 Å². The molecule has 1 aromatic carbocycles. The van der Waals surface area contributed by atoms with Crippen molar-refractivity contribution < 1.29 is 14.3 Å². The Morgan fingerprint density at radius 2 is 1.88 bits per heavy atom. The van der Waals surface area contributed by atoms with Crippen molar-refractivity contribution in [1.29, 1.82) is 0 Å². The Labute approximate surface area is 157 Å². The van der Waals surface area contributed by atoms with Crippen LogP contribution in [0.15, 0.2) is 18.3 Å². The van der Waals surface area contributed by atoms with Crippen LogP contribution < -0.4 is 14.8 Å². The molecule has 130 valence electrons. The highest BCUT2D eigenvalue weighted by Gasteiger charge is 2.21. The van der Waals surface area contributed by atoms with Crippen LogP contribution in [0.1, 0.15) is 5.69 Å². The summed E-state index contributed by atoms with van der Waals surface area (Å²) in [5.74, 6) is 0.900. The molecule has 2 heterocycles. The van der Waals surface area contributed by atoms with E-state index in [9.17, 15) is 4.79 Å². The molecule has 0 saturated heterocycles. The molecule has 0 unspecified atom stereocenters. The molecule has 1 N–H and O–H groups in total. The minimum Gasteiger partial charge on any atom is -0.495 e. The Hall–Kier alpha value is -2.09. The number of carbonyl (C=O) groups excluding carboxylic acids is 1. The maximum Gasteiger partial charge on any atom is 0.207 e. The fourth-order valence-electron chi connectivity index (χ4n) is 2.30. The summed E-state index contributed by atoms with van der Waals surface area (Å²) in [7, 11) is 3.04. The van der Waals surface area contributed by atoms with Gasteiger partial charge < -0.3 is 14.8 Å². The molecule has 0 spiro atoms. The number of fused-ring (bicyclic) bond motifs is 1. The van der Waals surface area contributed by atoms with E-state index in [2.05, 4.69) is 15.3 Å². The van der Waals surface area contributed by atoms with E-state index in [0.717, 1.165) is 10.4 Å². The van der Waals surface area contributed by atoms with Crippen LogP contribution in [0.5, 0.6) is 11.5 Å². The predicted molar refractivity (Wildman–Crippen MR) is 98.9 cm³/mol. The lowest BCUT2D eigenvalue weighted by Gasteiger charge is -2.12. The van der Waals surface area contributed by atoms with Crippen molar-refractivity contribution in [1.82, 2.24) is 15.3 Å². The van der Waals surface area contributed by atoms with Gasteiger partial charge in [0.1, 0.15) is 22.0 Å². The van der Waals surface area contributed by atoms with Crippen molar-refractivity contribution in [2.24, 2.45) is 0 Å². The molecule has 6 nitrogen and oxygen atoms in total. The van der Waals surface area contributed by atoms with Crippen LogP contribution in [-0.2, 0) is 11.3 Å². The monoisotopic (exact) mass is 397 g/mol. The summed E-state index contributed by atoms with van der Waals surface area (Å²) in [5.41, 5.74) is 1.99. The third kappa shape index (κ3) is 3.35. The molecule has 3 rings (SSSR count). The van der Waals surface area contributed by atoms with Gasteiger partial charge in [0, 0.05) is 6.07 Å². The topological polar surface area (TPSA) is 73.3 Å². The van der Waals surface area contributed by atoms with E-state index in [1.165, 1.54) is 25.6 Å². The van der Waals surface area contributed by atoms with Gasteiger partial charge in [-0.2, -0.15) is 0 Å². The number of halogens is 2. The average Bonchev–Trinajstić information content (AvgIpc) is 3.03. The molecule has 0 aliphatic rings. The van der Waals surface area contributed by atoms with E-state index >= 15 is 0 Å². The Morgan fingerprint density at radius 1 is 1.20 bits per heavy atom. The van der Waals surface area contributed by atoms with Gasteiger partial charge in [-0.1, -0.05) is 23.2 Å². The number of amides is 1. The number of thiazole rings is 1. The fraction of sp³-hybridized carbons (Fsp3) is 0.188. The van der Waals surface area contributed by atoms with Gasteiger partial charge in [0.25, 0.3) is 0 Å². The standard InChI is InChI=1S/C16H13Cl2N3O3S/c1-23-10-4-11(24-2)15(18)13(14(10)17)16-21-9-6-20-8(5-19-7-22)3-12(9)25-16/h3-4,6-7H,5H2,1-2H3,(H,19,22). The number of nitrogens with zero attached hydrogens (tertiary/aromatic N) is 2. The number of hydrogen-bond acceptors (Lipinski definition) is 6. The molecule has 0 atom stereocenters. The van der Waals surface area contributed by atoms with Crippen molar-refractivity contribution in [3.05, 3.63) is 34.1 Å². The highest BCUT2D eigenvalue weighted by molar-refractivity contribution is 7.21. The quantitative estimate of drug-likeness (QED) is 0.637. The third-order valence-electron chi connectivity index (χ3n) is 3.49. The Morgan fingerprint density at radius 3 is 2.48 bits per heavy atom. The number of aromatic nitrogens is 2. The lowest BCUT2D eigenvalue weighted by Crippen LogP contribution is -2.10. The fourth-order valence-corrected chi connectivity index (χ4v) is 4.14. The largest absolute Gasteiger partial charge is 0.495 e. The minimum absolute atomic E-state index is 0.348. The van der Waals surface area contributed by atoms with Gasteiger partial charge >= 0.3 is 0 Å². The van der Waals surface area contributed by atoms with Gasteiger partial charge in [-0.15, -0.1) is 11.3 Å². The molecule has 25 heavy (non-hydrogen) atoms. The van der Waals surface area contributed by atoms with E-state index < -0.39 is 0 Å². The maximum atomic E-state index is 10.4. The molecule has 3 aromatic rings. The van der Waals surface area contributed by atoms with E-state index in [1.54, 1.807) is 12.3 Å². The molecule has 0 aliphatic carbocycles. The number of carbonyl (C=O) groups is 1. The minimum atomic E-state index is 0.348.